The van der Waals surface area contributed by atoms with Gasteiger partial charge in [0.2, 0.25) is 0 Å². The summed E-state index contributed by atoms with van der Waals surface area (Å²) in [6.07, 6.45) is 12.0. The molecule has 1 heterocycles. The Kier molecular flexibility index (Phi) is 4.02. The zero-order chi connectivity index (χ0) is 17.2. The second kappa shape index (κ2) is 5.92. The second-order valence-electron chi connectivity index (χ2n) is 9.01. The van der Waals surface area contributed by atoms with Crippen LogP contribution in [0.3, 0.4) is 0 Å². The van der Waals surface area contributed by atoms with Gasteiger partial charge < -0.3 is 0 Å². The SMILES string of the molecule is C=C1C[C@]2(CC)C(=O)CCC2C2CCC3=CC4(CCC3C12)SCCS4. The number of hydrogen-bond donors (Lipinski definition) is 0. The van der Waals surface area contributed by atoms with Crippen LogP contribution < -0.4 is 0 Å². The van der Waals surface area contributed by atoms with Crippen molar-refractivity contribution in [1.29, 1.82) is 0 Å². The molecule has 1 saturated heterocycles. The average molecular weight is 375 g/mol. The first-order valence-electron chi connectivity index (χ1n) is 10.3. The molecule has 0 aromatic heterocycles. The molecule has 5 rings (SSSR count). The third kappa shape index (κ3) is 2.33. The Morgan fingerprint density at radius 1 is 1.20 bits per heavy atom. The number of carbonyl (C=O) groups excluding carboxylic acids is 1. The number of fused-ring (bicyclic) bond motifs is 5. The summed E-state index contributed by atoms with van der Waals surface area (Å²) in [7, 11) is 0. The highest BCUT2D eigenvalue weighted by Gasteiger charge is 2.59. The maximum absolute atomic E-state index is 12.8. The van der Waals surface area contributed by atoms with E-state index in [4.69, 9.17) is 0 Å². The predicted octanol–water partition coefficient (Wildman–Crippen LogP) is 5.86. The van der Waals surface area contributed by atoms with Crippen LogP contribution in [0.2, 0.25) is 0 Å². The normalized spacial score (nSPS) is 45.1. The molecule has 3 saturated carbocycles. The Labute approximate surface area is 160 Å². The summed E-state index contributed by atoms with van der Waals surface area (Å²) in [5, 5.41) is 0. The first-order chi connectivity index (χ1) is 12.1. The van der Waals surface area contributed by atoms with Crippen LogP contribution in [-0.4, -0.2) is 21.4 Å². The van der Waals surface area contributed by atoms with Gasteiger partial charge in [-0.3, -0.25) is 4.79 Å². The number of thioether (sulfide) groups is 2. The Morgan fingerprint density at radius 2 is 2.00 bits per heavy atom. The summed E-state index contributed by atoms with van der Waals surface area (Å²) < 4.78 is 0.408. The lowest BCUT2D eigenvalue weighted by atomic mass is 9.50. The Hall–Kier alpha value is -0.150. The molecule has 0 radical (unpaired) electrons. The van der Waals surface area contributed by atoms with Crippen molar-refractivity contribution in [3.05, 3.63) is 23.8 Å². The van der Waals surface area contributed by atoms with E-state index in [2.05, 4.69) is 43.1 Å². The molecule has 25 heavy (non-hydrogen) atoms. The summed E-state index contributed by atoms with van der Waals surface area (Å²) >= 11 is 4.38. The van der Waals surface area contributed by atoms with Crippen molar-refractivity contribution in [2.45, 2.75) is 62.4 Å². The van der Waals surface area contributed by atoms with E-state index in [1.165, 1.54) is 42.8 Å². The third-order valence-corrected chi connectivity index (χ3v) is 11.6. The third-order valence-electron chi connectivity index (χ3n) is 8.23. The van der Waals surface area contributed by atoms with E-state index in [9.17, 15) is 4.79 Å². The molecule has 5 aliphatic rings. The van der Waals surface area contributed by atoms with E-state index in [-0.39, 0.29) is 5.41 Å². The van der Waals surface area contributed by atoms with Gasteiger partial charge in [-0.25, -0.2) is 0 Å². The van der Waals surface area contributed by atoms with Crippen molar-refractivity contribution >= 4 is 29.3 Å². The molecular formula is C22H30OS2. The fourth-order valence-corrected chi connectivity index (χ4v) is 10.4. The molecule has 0 amide bonds. The van der Waals surface area contributed by atoms with Gasteiger partial charge in [-0.05, 0) is 68.6 Å². The average Bonchev–Trinajstić information content (AvgIpc) is 3.20. The molecule has 0 aromatic rings. The lowest BCUT2D eigenvalue weighted by Gasteiger charge is -2.54. The van der Waals surface area contributed by atoms with Gasteiger partial charge in [0.25, 0.3) is 0 Å². The summed E-state index contributed by atoms with van der Waals surface area (Å²) in [4.78, 5) is 12.8. The van der Waals surface area contributed by atoms with Gasteiger partial charge in [0.15, 0.2) is 0 Å². The van der Waals surface area contributed by atoms with Crippen molar-refractivity contribution < 1.29 is 4.79 Å². The highest BCUT2D eigenvalue weighted by molar-refractivity contribution is 8.21. The van der Waals surface area contributed by atoms with Gasteiger partial charge in [0.1, 0.15) is 5.78 Å². The molecule has 4 fully saturated rings. The van der Waals surface area contributed by atoms with E-state index in [1.54, 1.807) is 5.57 Å². The lowest BCUT2D eigenvalue weighted by molar-refractivity contribution is -0.130. The topological polar surface area (TPSA) is 17.1 Å². The van der Waals surface area contributed by atoms with Crippen LogP contribution in [0.15, 0.2) is 23.8 Å². The molecule has 1 aliphatic heterocycles. The number of ketones is 1. The van der Waals surface area contributed by atoms with E-state index < -0.39 is 0 Å². The molecule has 1 nitrogen and oxygen atoms in total. The van der Waals surface area contributed by atoms with Crippen molar-refractivity contribution in [1.82, 2.24) is 0 Å². The highest BCUT2D eigenvalue weighted by Crippen LogP contribution is 2.65. The fraction of sp³-hybridized carbons (Fsp3) is 0.773. The van der Waals surface area contributed by atoms with Gasteiger partial charge in [-0.2, -0.15) is 0 Å². The number of Topliss-reactive ketones (excluding diaryl/α,β-unsaturated/α-hetero) is 1. The number of carbonyl (C=O) groups is 1. The number of hydrogen-bond acceptors (Lipinski definition) is 3. The van der Waals surface area contributed by atoms with E-state index >= 15 is 0 Å². The van der Waals surface area contributed by atoms with Crippen LogP contribution in [0.25, 0.3) is 0 Å². The molecule has 136 valence electrons. The minimum Gasteiger partial charge on any atom is -0.299 e. The minimum absolute atomic E-state index is 0.0352. The maximum Gasteiger partial charge on any atom is 0.139 e. The number of rotatable bonds is 1. The van der Waals surface area contributed by atoms with E-state index in [1.807, 2.05) is 0 Å². The predicted molar refractivity (Wildman–Crippen MR) is 109 cm³/mol. The van der Waals surface area contributed by atoms with Crippen LogP contribution in [0.1, 0.15) is 58.3 Å². The van der Waals surface area contributed by atoms with Gasteiger partial charge >= 0.3 is 0 Å². The summed E-state index contributed by atoms with van der Waals surface area (Å²) in [6, 6.07) is 0. The number of allylic oxidation sites excluding steroid dienone is 2. The van der Waals surface area contributed by atoms with Crippen molar-refractivity contribution in [2.24, 2.45) is 29.1 Å². The van der Waals surface area contributed by atoms with E-state index in [0.717, 1.165) is 37.5 Å². The Bertz CT molecular complexity index is 644. The molecule has 4 aliphatic carbocycles. The summed E-state index contributed by atoms with van der Waals surface area (Å²) in [6.45, 7) is 6.82. The fourth-order valence-electron chi connectivity index (χ4n) is 7.20. The molecule has 0 bridgehead atoms. The van der Waals surface area contributed by atoms with E-state index in [0.29, 0.717) is 21.7 Å². The largest absolute Gasteiger partial charge is 0.299 e. The smallest absolute Gasteiger partial charge is 0.139 e. The summed E-state index contributed by atoms with van der Waals surface area (Å²) in [5.41, 5.74) is 3.15. The molecule has 1 spiro atoms. The van der Waals surface area contributed by atoms with Gasteiger partial charge in [0, 0.05) is 23.3 Å². The zero-order valence-electron chi connectivity index (χ0n) is 15.4. The standard InChI is InChI=1S/C22H30OS2/c1-3-21-12-14(2)20-16-8-9-22(24-10-11-25-22)13-15(16)4-5-17(20)18(21)6-7-19(21)23/h13,16-18,20H,2-12H2,1H3/t16?,17?,18?,20?,21-/m0/s1. The Morgan fingerprint density at radius 3 is 2.76 bits per heavy atom. The van der Waals surface area contributed by atoms with Crippen LogP contribution in [0.5, 0.6) is 0 Å². The molecule has 0 aromatic carbocycles. The van der Waals surface area contributed by atoms with Gasteiger partial charge in [0.05, 0.1) is 4.08 Å². The molecule has 3 heteroatoms. The van der Waals surface area contributed by atoms with Gasteiger partial charge in [-0.1, -0.05) is 30.7 Å². The second-order valence-corrected chi connectivity index (χ2v) is 12.1. The highest BCUT2D eigenvalue weighted by atomic mass is 32.2. The summed E-state index contributed by atoms with van der Waals surface area (Å²) in [5.74, 6) is 5.99. The van der Waals surface area contributed by atoms with Crippen LogP contribution in [-0.2, 0) is 4.79 Å². The lowest BCUT2D eigenvalue weighted by Crippen LogP contribution is -2.49. The quantitative estimate of drug-likeness (QED) is 0.535. The Balaban J connectivity index is 1.48. The van der Waals surface area contributed by atoms with Crippen LogP contribution in [0.4, 0.5) is 0 Å². The molecular weight excluding hydrogens is 344 g/mol. The monoisotopic (exact) mass is 374 g/mol. The first-order valence-corrected chi connectivity index (χ1v) is 12.3. The van der Waals surface area contributed by atoms with Gasteiger partial charge in [-0.15, -0.1) is 23.5 Å². The molecule has 4 unspecified atom stereocenters. The zero-order valence-corrected chi connectivity index (χ0v) is 17.0. The maximum atomic E-state index is 12.8. The van der Waals surface area contributed by atoms with Crippen LogP contribution >= 0.6 is 23.5 Å². The minimum atomic E-state index is -0.0352. The molecule has 5 atom stereocenters. The van der Waals surface area contributed by atoms with Crippen molar-refractivity contribution in [3.63, 3.8) is 0 Å². The van der Waals surface area contributed by atoms with Crippen LogP contribution in [0, 0.1) is 29.1 Å². The first kappa shape index (κ1) is 17.0. The van der Waals surface area contributed by atoms with Crippen molar-refractivity contribution in [2.75, 3.05) is 11.5 Å². The molecule has 0 N–H and O–H groups in total. The van der Waals surface area contributed by atoms with Crippen molar-refractivity contribution in [3.8, 4) is 0 Å².